The van der Waals surface area contributed by atoms with Gasteiger partial charge in [0, 0.05) is 12.1 Å². The average molecular weight is 256 g/mol. The molecule has 2 rings (SSSR count). The number of halogens is 1. The van der Waals surface area contributed by atoms with Crippen LogP contribution < -0.4 is 4.90 Å². The molecule has 17 heavy (non-hydrogen) atoms. The maximum absolute atomic E-state index is 6.05. The summed E-state index contributed by atoms with van der Waals surface area (Å²) < 4.78 is 5.69. The van der Waals surface area contributed by atoms with Crippen LogP contribution in [0.5, 0.6) is 0 Å². The van der Waals surface area contributed by atoms with E-state index < -0.39 is 0 Å². The van der Waals surface area contributed by atoms with Gasteiger partial charge in [0.25, 0.3) is 0 Å². The largest absolute Gasteiger partial charge is 0.375 e. The first kappa shape index (κ1) is 12.6. The molecule has 1 aromatic rings. The number of hydrogen-bond donors (Lipinski definition) is 0. The zero-order valence-electron chi connectivity index (χ0n) is 10.5. The Morgan fingerprint density at radius 1 is 1.53 bits per heavy atom. The molecule has 0 radical (unpaired) electrons. The van der Waals surface area contributed by atoms with Crippen LogP contribution in [-0.2, 0) is 4.74 Å². The molecule has 0 N–H and O–H groups in total. The normalized spacial score (nSPS) is 25.1. The van der Waals surface area contributed by atoms with Gasteiger partial charge in [-0.05, 0) is 20.3 Å². The second-order valence-electron chi connectivity index (χ2n) is 4.47. The molecule has 0 spiro atoms. The lowest BCUT2D eigenvalue weighted by atomic mass is 10.1. The maximum Gasteiger partial charge on any atom is 0.137 e. The van der Waals surface area contributed by atoms with Crippen molar-refractivity contribution in [1.82, 2.24) is 9.97 Å². The highest BCUT2D eigenvalue weighted by atomic mass is 35.5. The number of morpholine rings is 1. The standard InChI is InChI=1S/C12H18ClN3O/c1-4-10-6-17-8(2)5-16(10)12-9(3)11(13)14-7-15-12/h7-8,10H,4-6H2,1-3H3. The number of ether oxygens (including phenoxy) is 1. The molecule has 2 heterocycles. The smallest absolute Gasteiger partial charge is 0.137 e. The maximum atomic E-state index is 6.05. The summed E-state index contributed by atoms with van der Waals surface area (Å²) in [5, 5.41) is 0.531. The summed E-state index contributed by atoms with van der Waals surface area (Å²) in [6, 6.07) is 0.371. The van der Waals surface area contributed by atoms with E-state index in [4.69, 9.17) is 16.3 Å². The molecule has 1 aromatic heterocycles. The summed E-state index contributed by atoms with van der Waals surface area (Å²) in [6.07, 6.45) is 2.79. The summed E-state index contributed by atoms with van der Waals surface area (Å²) in [7, 11) is 0. The van der Waals surface area contributed by atoms with E-state index in [2.05, 4.69) is 28.7 Å². The molecule has 1 saturated heterocycles. The third kappa shape index (κ3) is 2.53. The fourth-order valence-corrected chi connectivity index (χ4v) is 2.28. The molecule has 0 aliphatic carbocycles. The van der Waals surface area contributed by atoms with Crippen LogP contribution in [-0.4, -0.2) is 35.3 Å². The van der Waals surface area contributed by atoms with Gasteiger partial charge in [0.2, 0.25) is 0 Å². The average Bonchev–Trinajstić information content (AvgIpc) is 2.33. The van der Waals surface area contributed by atoms with Crippen molar-refractivity contribution in [2.45, 2.75) is 39.3 Å². The first-order valence-corrected chi connectivity index (χ1v) is 6.36. The summed E-state index contributed by atoms with van der Waals surface area (Å²) >= 11 is 6.05. The van der Waals surface area contributed by atoms with Crippen LogP contribution in [0.2, 0.25) is 5.15 Å². The van der Waals surface area contributed by atoms with Crippen molar-refractivity contribution in [2.24, 2.45) is 0 Å². The quantitative estimate of drug-likeness (QED) is 0.761. The molecule has 0 bridgehead atoms. The highest BCUT2D eigenvalue weighted by molar-refractivity contribution is 6.30. The predicted molar refractivity (Wildman–Crippen MR) is 68.6 cm³/mol. The summed E-state index contributed by atoms with van der Waals surface area (Å²) in [4.78, 5) is 10.7. The summed E-state index contributed by atoms with van der Waals surface area (Å²) in [5.41, 5.74) is 0.946. The van der Waals surface area contributed by atoms with E-state index in [0.717, 1.165) is 31.0 Å². The molecule has 2 atom stereocenters. The SMILES string of the molecule is CCC1COC(C)CN1c1ncnc(Cl)c1C. The van der Waals surface area contributed by atoms with Crippen molar-refractivity contribution in [3.8, 4) is 0 Å². The number of hydrogen-bond acceptors (Lipinski definition) is 4. The molecule has 94 valence electrons. The van der Waals surface area contributed by atoms with Crippen LogP contribution in [0.4, 0.5) is 5.82 Å². The van der Waals surface area contributed by atoms with E-state index in [0.29, 0.717) is 11.2 Å². The fraction of sp³-hybridized carbons (Fsp3) is 0.667. The molecule has 0 aromatic carbocycles. The van der Waals surface area contributed by atoms with Crippen molar-refractivity contribution in [1.29, 1.82) is 0 Å². The summed E-state index contributed by atoms with van der Waals surface area (Å²) in [5.74, 6) is 0.937. The molecule has 4 nitrogen and oxygen atoms in total. The lowest BCUT2D eigenvalue weighted by molar-refractivity contribution is 0.0295. The highest BCUT2D eigenvalue weighted by Gasteiger charge is 2.28. The topological polar surface area (TPSA) is 38.2 Å². The second-order valence-corrected chi connectivity index (χ2v) is 4.83. The van der Waals surface area contributed by atoms with Gasteiger partial charge in [0.05, 0.1) is 18.8 Å². The van der Waals surface area contributed by atoms with E-state index in [1.54, 1.807) is 0 Å². The van der Waals surface area contributed by atoms with Gasteiger partial charge in [-0.15, -0.1) is 0 Å². The number of nitrogens with zero attached hydrogens (tertiary/aromatic N) is 3. The Morgan fingerprint density at radius 3 is 3.00 bits per heavy atom. The van der Waals surface area contributed by atoms with Crippen LogP contribution >= 0.6 is 11.6 Å². The Labute approximate surface area is 107 Å². The van der Waals surface area contributed by atoms with Gasteiger partial charge < -0.3 is 9.64 Å². The van der Waals surface area contributed by atoms with Crippen LogP contribution in [0.25, 0.3) is 0 Å². The van der Waals surface area contributed by atoms with Gasteiger partial charge in [0.1, 0.15) is 17.3 Å². The van der Waals surface area contributed by atoms with Crippen molar-refractivity contribution >= 4 is 17.4 Å². The number of rotatable bonds is 2. The van der Waals surface area contributed by atoms with Gasteiger partial charge in [-0.2, -0.15) is 0 Å². The third-order valence-corrected chi connectivity index (χ3v) is 3.59. The highest BCUT2D eigenvalue weighted by Crippen LogP contribution is 2.27. The first-order valence-electron chi connectivity index (χ1n) is 5.98. The minimum absolute atomic E-state index is 0.228. The molecule has 2 unspecified atom stereocenters. The lowest BCUT2D eigenvalue weighted by Gasteiger charge is -2.39. The lowest BCUT2D eigenvalue weighted by Crippen LogP contribution is -2.49. The molecule has 1 fully saturated rings. The van der Waals surface area contributed by atoms with Crippen molar-refractivity contribution in [3.05, 3.63) is 17.0 Å². The minimum atomic E-state index is 0.228. The van der Waals surface area contributed by atoms with Gasteiger partial charge >= 0.3 is 0 Å². The molecule has 5 heteroatoms. The van der Waals surface area contributed by atoms with E-state index in [9.17, 15) is 0 Å². The van der Waals surface area contributed by atoms with E-state index in [1.165, 1.54) is 6.33 Å². The molecular weight excluding hydrogens is 238 g/mol. The Bertz CT molecular complexity index is 399. The zero-order valence-corrected chi connectivity index (χ0v) is 11.2. The fourth-order valence-electron chi connectivity index (χ4n) is 2.15. The molecule has 0 amide bonds. The van der Waals surface area contributed by atoms with Crippen molar-refractivity contribution < 1.29 is 4.74 Å². The van der Waals surface area contributed by atoms with Gasteiger partial charge in [-0.1, -0.05) is 18.5 Å². The van der Waals surface area contributed by atoms with Gasteiger partial charge in [-0.3, -0.25) is 0 Å². The Morgan fingerprint density at radius 2 is 2.29 bits per heavy atom. The summed E-state index contributed by atoms with van der Waals surface area (Å²) in [6.45, 7) is 7.81. The Kier molecular flexibility index (Phi) is 3.84. The minimum Gasteiger partial charge on any atom is -0.375 e. The molecule has 0 saturated carbocycles. The van der Waals surface area contributed by atoms with Gasteiger partial charge in [-0.25, -0.2) is 9.97 Å². The third-order valence-electron chi connectivity index (χ3n) is 3.21. The predicted octanol–water partition coefficient (Wildman–Crippen LogP) is 2.44. The molecular formula is C12H18ClN3O. The second kappa shape index (κ2) is 5.19. The molecule has 1 aliphatic heterocycles. The van der Waals surface area contributed by atoms with Crippen LogP contribution in [0.3, 0.4) is 0 Å². The van der Waals surface area contributed by atoms with E-state index >= 15 is 0 Å². The monoisotopic (exact) mass is 255 g/mol. The van der Waals surface area contributed by atoms with Crippen molar-refractivity contribution in [3.63, 3.8) is 0 Å². The molecule has 1 aliphatic rings. The first-order chi connectivity index (χ1) is 8.13. The zero-order chi connectivity index (χ0) is 12.4. The van der Waals surface area contributed by atoms with Crippen LogP contribution in [0.15, 0.2) is 6.33 Å². The van der Waals surface area contributed by atoms with E-state index in [1.807, 2.05) is 6.92 Å². The van der Waals surface area contributed by atoms with Gasteiger partial charge in [0.15, 0.2) is 0 Å². The number of anilines is 1. The van der Waals surface area contributed by atoms with E-state index in [-0.39, 0.29) is 6.10 Å². The van der Waals surface area contributed by atoms with Crippen LogP contribution in [0, 0.1) is 6.92 Å². The van der Waals surface area contributed by atoms with Crippen molar-refractivity contribution in [2.75, 3.05) is 18.1 Å². The Hall–Kier alpha value is -0.870. The Balaban J connectivity index is 2.32. The number of aromatic nitrogens is 2. The van der Waals surface area contributed by atoms with Crippen LogP contribution in [0.1, 0.15) is 25.8 Å².